The molecule has 1 amide bonds. The Balaban J connectivity index is 2.26. The molecule has 2 N–H and O–H groups in total. The largest absolute Gasteiger partial charge is 0.431 e. The molecule has 0 radical (unpaired) electrons. The number of H-pyrrole nitrogens is 1. The predicted molar refractivity (Wildman–Crippen MR) is 73.1 cm³/mol. The first kappa shape index (κ1) is 16.2. The lowest BCUT2D eigenvalue weighted by molar-refractivity contribution is -0.384. The number of anilines is 1. The van der Waals surface area contributed by atoms with Crippen LogP contribution in [-0.4, -0.2) is 15.8 Å². The molecule has 0 atom stereocenters. The highest BCUT2D eigenvalue weighted by molar-refractivity contribution is 6.04. The van der Waals surface area contributed by atoms with Crippen molar-refractivity contribution in [1.82, 2.24) is 4.98 Å². The number of rotatable bonds is 3. The topological polar surface area (TPSA) is 105 Å². The number of nitrogens with one attached hydrogen (secondary N) is 2. The molecule has 10 heteroatoms. The number of non-ortho nitro benzene ring substituents is 1. The van der Waals surface area contributed by atoms with Crippen molar-refractivity contribution >= 4 is 17.3 Å². The molecule has 0 saturated carbocycles. The zero-order valence-electron chi connectivity index (χ0n) is 11.2. The van der Waals surface area contributed by atoms with Gasteiger partial charge in [0.2, 0.25) is 0 Å². The highest BCUT2D eigenvalue weighted by Crippen LogP contribution is 2.26. The third-order valence-electron chi connectivity index (χ3n) is 2.77. The number of nitro groups is 1. The van der Waals surface area contributed by atoms with Crippen molar-refractivity contribution in [2.24, 2.45) is 0 Å². The first-order valence-electron chi connectivity index (χ1n) is 6.05. The van der Waals surface area contributed by atoms with E-state index in [1.807, 2.05) is 0 Å². The maximum Gasteiger partial charge on any atom is 0.431 e. The van der Waals surface area contributed by atoms with E-state index in [1.54, 1.807) is 4.98 Å². The Morgan fingerprint density at radius 1 is 1.22 bits per heavy atom. The second-order valence-corrected chi connectivity index (χ2v) is 4.37. The van der Waals surface area contributed by atoms with Crippen molar-refractivity contribution in [3.05, 3.63) is 68.1 Å². The molecule has 1 heterocycles. The van der Waals surface area contributed by atoms with E-state index in [1.165, 1.54) is 18.2 Å². The number of amides is 1. The molecule has 0 fully saturated rings. The van der Waals surface area contributed by atoms with Gasteiger partial charge in [-0.2, -0.15) is 13.2 Å². The number of hydrogen-bond acceptors (Lipinski definition) is 4. The number of aromatic nitrogens is 1. The van der Waals surface area contributed by atoms with Crippen LogP contribution < -0.4 is 10.9 Å². The summed E-state index contributed by atoms with van der Waals surface area (Å²) in [5.74, 6) is -0.986. The summed E-state index contributed by atoms with van der Waals surface area (Å²) in [4.78, 5) is 35.0. The van der Waals surface area contributed by atoms with E-state index >= 15 is 0 Å². The van der Waals surface area contributed by atoms with E-state index in [0.29, 0.717) is 6.07 Å². The van der Waals surface area contributed by atoms with Crippen molar-refractivity contribution in [3.8, 4) is 0 Å². The van der Waals surface area contributed by atoms with Gasteiger partial charge >= 0.3 is 6.18 Å². The standard InChI is InChI=1S/C13H8F3N3O4/c14-13(15,16)10-5-4-9(12(21)18-10)11(20)17-7-2-1-3-8(6-7)19(22)23/h1-6H,(H,17,20)(H,18,21). The zero-order valence-corrected chi connectivity index (χ0v) is 11.2. The van der Waals surface area contributed by atoms with Crippen LogP contribution in [0, 0.1) is 10.1 Å². The summed E-state index contributed by atoms with van der Waals surface area (Å²) >= 11 is 0. The van der Waals surface area contributed by atoms with Crippen LogP contribution in [0.4, 0.5) is 24.5 Å². The van der Waals surface area contributed by atoms with E-state index < -0.39 is 33.8 Å². The molecule has 2 aromatic rings. The molecule has 0 aliphatic carbocycles. The van der Waals surface area contributed by atoms with E-state index in [4.69, 9.17) is 0 Å². The number of hydrogen-bond donors (Lipinski definition) is 2. The van der Waals surface area contributed by atoms with Crippen LogP contribution in [0.1, 0.15) is 16.1 Å². The fourth-order valence-corrected chi connectivity index (χ4v) is 1.71. The second kappa shape index (κ2) is 5.91. The summed E-state index contributed by atoms with van der Waals surface area (Å²) in [6.45, 7) is 0. The maximum atomic E-state index is 12.4. The molecule has 0 saturated heterocycles. The summed E-state index contributed by atoms with van der Waals surface area (Å²) in [6.07, 6.45) is -4.74. The molecule has 0 aliphatic rings. The first-order valence-corrected chi connectivity index (χ1v) is 6.05. The van der Waals surface area contributed by atoms with Crippen LogP contribution >= 0.6 is 0 Å². The van der Waals surface area contributed by atoms with E-state index in [-0.39, 0.29) is 11.4 Å². The Kier molecular flexibility index (Phi) is 4.16. The summed E-state index contributed by atoms with van der Waals surface area (Å²) in [6, 6.07) is 6.18. The highest BCUT2D eigenvalue weighted by Gasteiger charge is 2.32. The van der Waals surface area contributed by atoms with Gasteiger partial charge < -0.3 is 10.3 Å². The molecule has 1 aromatic carbocycles. The van der Waals surface area contributed by atoms with Gasteiger partial charge in [0.1, 0.15) is 11.3 Å². The van der Waals surface area contributed by atoms with Gasteiger partial charge in [0.25, 0.3) is 17.2 Å². The van der Waals surface area contributed by atoms with Crippen LogP contribution in [0.25, 0.3) is 0 Å². The van der Waals surface area contributed by atoms with Gasteiger partial charge in [-0.15, -0.1) is 0 Å². The van der Waals surface area contributed by atoms with E-state index in [0.717, 1.165) is 12.1 Å². The minimum Gasteiger partial charge on any atom is -0.322 e. The number of nitrogens with zero attached hydrogens (tertiary/aromatic N) is 1. The fraction of sp³-hybridized carbons (Fsp3) is 0.0769. The van der Waals surface area contributed by atoms with Crippen molar-refractivity contribution in [3.63, 3.8) is 0 Å². The Labute approximate surface area is 125 Å². The second-order valence-electron chi connectivity index (χ2n) is 4.37. The van der Waals surface area contributed by atoms with Gasteiger partial charge in [-0.3, -0.25) is 19.7 Å². The summed E-state index contributed by atoms with van der Waals surface area (Å²) in [7, 11) is 0. The molecule has 2 rings (SSSR count). The third-order valence-corrected chi connectivity index (χ3v) is 2.77. The Bertz CT molecular complexity index is 830. The fourth-order valence-electron chi connectivity index (χ4n) is 1.71. The smallest absolute Gasteiger partial charge is 0.322 e. The number of aromatic amines is 1. The molecular weight excluding hydrogens is 319 g/mol. The maximum absolute atomic E-state index is 12.4. The number of benzene rings is 1. The first-order chi connectivity index (χ1) is 10.7. The van der Waals surface area contributed by atoms with Crippen molar-refractivity contribution in [1.29, 1.82) is 0 Å². The van der Waals surface area contributed by atoms with Gasteiger partial charge in [0.15, 0.2) is 0 Å². The molecule has 23 heavy (non-hydrogen) atoms. The number of pyridine rings is 1. The minimum atomic E-state index is -4.74. The SMILES string of the molecule is O=C(Nc1cccc([N+](=O)[O-])c1)c1ccc(C(F)(F)F)[nH]c1=O. The Morgan fingerprint density at radius 3 is 2.48 bits per heavy atom. The monoisotopic (exact) mass is 327 g/mol. The number of nitro benzene ring substituents is 1. The number of carbonyl (C=O) groups is 1. The van der Waals surface area contributed by atoms with Crippen LogP contribution in [0.3, 0.4) is 0 Å². The summed E-state index contributed by atoms with van der Waals surface area (Å²) in [5, 5.41) is 12.8. The van der Waals surface area contributed by atoms with Crippen molar-refractivity contribution < 1.29 is 22.9 Å². The highest BCUT2D eigenvalue weighted by atomic mass is 19.4. The van der Waals surface area contributed by atoms with E-state index in [9.17, 15) is 32.9 Å². The van der Waals surface area contributed by atoms with Crippen molar-refractivity contribution in [2.45, 2.75) is 6.18 Å². The average Bonchev–Trinajstić information content (AvgIpc) is 2.46. The lowest BCUT2D eigenvalue weighted by Gasteiger charge is -2.08. The number of halogens is 3. The quantitative estimate of drug-likeness (QED) is 0.667. The van der Waals surface area contributed by atoms with Crippen LogP contribution in [0.5, 0.6) is 0 Å². The average molecular weight is 327 g/mol. The molecule has 0 spiro atoms. The van der Waals surface area contributed by atoms with Gasteiger partial charge in [-0.05, 0) is 18.2 Å². The Morgan fingerprint density at radius 2 is 1.91 bits per heavy atom. The van der Waals surface area contributed by atoms with Crippen LogP contribution in [0.2, 0.25) is 0 Å². The number of alkyl halides is 3. The van der Waals surface area contributed by atoms with Crippen molar-refractivity contribution in [2.75, 3.05) is 5.32 Å². The van der Waals surface area contributed by atoms with Crippen LogP contribution in [0.15, 0.2) is 41.2 Å². The number of carbonyl (C=O) groups excluding carboxylic acids is 1. The van der Waals surface area contributed by atoms with Gasteiger partial charge in [-0.1, -0.05) is 6.07 Å². The van der Waals surface area contributed by atoms with Gasteiger partial charge in [-0.25, -0.2) is 0 Å². The molecule has 0 bridgehead atoms. The molecular formula is C13H8F3N3O4. The lowest BCUT2D eigenvalue weighted by Crippen LogP contribution is -2.25. The zero-order chi connectivity index (χ0) is 17.2. The molecule has 7 nitrogen and oxygen atoms in total. The minimum absolute atomic E-state index is 0.0310. The van der Waals surface area contributed by atoms with Gasteiger partial charge in [0.05, 0.1) is 4.92 Å². The third kappa shape index (κ3) is 3.73. The molecule has 120 valence electrons. The van der Waals surface area contributed by atoms with Crippen LogP contribution in [-0.2, 0) is 6.18 Å². The lowest BCUT2D eigenvalue weighted by atomic mass is 10.2. The molecule has 1 aromatic heterocycles. The normalized spacial score (nSPS) is 11.1. The molecule has 0 unspecified atom stereocenters. The summed E-state index contributed by atoms with van der Waals surface area (Å²) < 4.78 is 37.3. The van der Waals surface area contributed by atoms with E-state index in [2.05, 4.69) is 5.32 Å². The summed E-state index contributed by atoms with van der Waals surface area (Å²) in [5.41, 5.74) is -3.31. The van der Waals surface area contributed by atoms with Gasteiger partial charge in [0, 0.05) is 17.8 Å². The predicted octanol–water partition coefficient (Wildman–Crippen LogP) is 2.55. The Hall–Kier alpha value is -3.17. The molecule has 0 aliphatic heterocycles.